The van der Waals surface area contributed by atoms with Gasteiger partial charge in [0.15, 0.2) is 18.4 Å². The van der Waals surface area contributed by atoms with Crippen LogP contribution in [0.5, 0.6) is 0 Å². The molecule has 0 spiro atoms. The molecular weight excluding hydrogens is 374 g/mol. The number of pyridine rings is 2. The largest absolute Gasteiger partial charge is 0.362 e. The lowest BCUT2D eigenvalue weighted by molar-refractivity contribution is -0.715. The van der Waals surface area contributed by atoms with Crippen LogP contribution in [0.4, 0.5) is 5.69 Å². The summed E-state index contributed by atoms with van der Waals surface area (Å²) >= 11 is 0. The Morgan fingerprint density at radius 3 is 2.97 bits per heavy atom. The quantitative estimate of drug-likeness (QED) is 0.523. The maximum atomic E-state index is 9.51. The van der Waals surface area contributed by atoms with E-state index < -0.39 is 0 Å². The summed E-state index contributed by atoms with van der Waals surface area (Å²) in [7, 11) is 0. The van der Waals surface area contributed by atoms with Gasteiger partial charge in [0.2, 0.25) is 0 Å². The number of nitriles is 1. The summed E-state index contributed by atoms with van der Waals surface area (Å²) in [5, 5.41) is 15.3. The van der Waals surface area contributed by atoms with Gasteiger partial charge in [-0.15, -0.1) is 0 Å². The molecule has 1 fully saturated rings. The third-order valence-corrected chi connectivity index (χ3v) is 5.99. The molecule has 1 saturated heterocycles. The molecule has 1 N–H and O–H groups in total. The Morgan fingerprint density at radius 1 is 1.30 bits per heavy atom. The van der Waals surface area contributed by atoms with E-state index >= 15 is 0 Å². The summed E-state index contributed by atoms with van der Waals surface area (Å²) in [6, 6.07) is 11.0. The van der Waals surface area contributed by atoms with Crippen molar-refractivity contribution in [2.45, 2.75) is 31.8 Å². The van der Waals surface area contributed by atoms with E-state index in [-0.39, 0.29) is 5.54 Å². The van der Waals surface area contributed by atoms with Crippen molar-refractivity contribution >= 4 is 16.7 Å². The van der Waals surface area contributed by atoms with E-state index in [1.165, 1.54) is 5.69 Å². The number of hydrogen-bond donors (Lipinski definition) is 1. The number of nitrogens with one attached hydrogen (secondary N) is 1. The summed E-state index contributed by atoms with van der Waals surface area (Å²) < 4.78 is 4.19. The summed E-state index contributed by atoms with van der Waals surface area (Å²) in [4.78, 5) is 9.84. The molecule has 7 nitrogen and oxygen atoms in total. The Morgan fingerprint density at radius 2 is 2.17 bits per heavy atom. The van der Waals surface area contributed by atoms with Crippen molar-refractivity contribution in [2.75, 3.05) is 18.0 Å². The van der Waals surface area contributed by atoms with E-state index in [1.54, 1.807) is 6.20 Å². The van der Waals surface area contributed by atoms with Crippen LogP contribution in [0.15, 0.2) is 61.4 Å². The molecule has 0 atom stereocenters. The van der Waals surface area contributed by atoms with Crippen molar-refractivity contribution in [3.05, 3.63) is 61.4 Å². The van der Waals surface area contributed by atoms with Crippen LogP contribution in [0.2, 0.25) is 0 Å². The van der Waals surface area contributed by atoms with Gasteiger partial charge in [-0.2, -0.15) is 10.4 Å². The van der Waals surface area contributed by atoms with E-state index in [9.17, 15) is 5.26 Å². The molecule has 0 radical (unpaired) electrons. The highest BCUT2D eigenvalue weighted by atomic mass is 15.4. The molecule has 0 saturated carbocycles. The molecule has 0 amide bonds. The third-order valence-electron chi connectivity index (χ3n) is 5.99. The standard InChI is InChI=1S/C23H24N7/c1-17(2)28-11-3-4-19(14-28)29-15-23(16-29,7-8-24)30-13-18(12-27-30)20-5-9-25-22-21(20)6-10-26-22/h3-6,9-14,17H,7,15-16H2,1-2H3,(H,25,26)/q+1. The van der Waals surface area contributed by atoms with E-state index in [4.69, 9.17) is 0 Å². The minimum atomic E-state index is -0.310. The van der Waals surface area contributed by atoms with Gasteiger partial charge in [-0.3, -0.25) is 4.68 Å². The normalized spacial score (nSPS) is 15.3. The summed E-state index contributed by atoms with van der Waals surface area (Å²) in [5.74, 6) is 0. The fourth-order valence-electron chi connectivity index (χ4n) is 4.25. The molecule has 4 aromatic heterocycles. The molecule has 30 heavy (non-hydrogen) atoms. The van der Waals surface area contributed by atoms with Gasteiger partial charge in [-0.1, -0.05) is 0 Å². The van der Waals surface area contributed by atoms with E-state index in [0.717, 1.165) is 35.2 Å². The van der Waals surface area contributed by atoms with Crippen LogP contribution in [0.3, 0.4) is 0 Å². The Labute approximate surface area is 175 Å². The Hall–Kier alpha value is -3.66. The third kappa shape index (κ3) is 2.92. The van der Waals surface area contributed by atoms with Crippen molar-refractivity contribution < 1.29 is 4.57 Å². The van der Waals surface area contributed by atoms with E-state index in [1.807, 2.05) is 29.2 Å². The molecule has 0 unspecified atom stereocenters. The lowest BCUT2D eigenvalue weighted by atomic mass is 9.86. The first-order chi connectivity index (χ1) is 14.6. The molecule has 1 aliphatic heterocycles. The van der Waals surface area contributed by atoms with E-state index in [0.29, 0.717) is 12.5 Å². The number of aromatic amines is 1. The van der Waals surface area contributed by atoms with Crippen LogP contribution in [-0.2, 0) is 5.54 Å². The van der Waals surface area contributed by atoms with Crippen molar-refractivity contribution in [1.82, 2.24) is 19.7 Å². The maximum Gasteiger partial charge on any atom is 0.192 e. The van der Waals surface area contributed by atoms with Crippen molar-refractivity contribution in [2.24, 2.45) is 0 Å². The van der Waals surface area contributed by atoms with Crippen LogP contribution in [0.1, 0.15) is 26.3 Å². The van der Waals surface area contributed by atoms with Crippen LogP contribution in [0.25, 0.3) is 22.2 Å². The molecular formula is C23H24N7+. The Balaban J connectivity index is 1.44. The minimum absolute atomic E-state index is 0.310. The predicted molar refractivity (Wildman–Crippen MR) is 115 cm³/mol. The second-order valence-electron chi connectivity index (χ2n) is 8.29. The first-order valence-electron chi connectivity index (χ1n) is 10.2. The fraction of sp³-hybridized carbons (Fsp3) is 0.304. The van der Waals surface area contributed by atoms with Gasteiger partial charge in [0.05, 0.1) is 18.7 Å². The summed E-state index contributed by atoms with van der Waals surface area (Å²) in [5.41, 5.74) is 3.86. The summed E-state index contributed by atoms with van der Waals surface area (Å²) in [6.07, 6.45) is 12.4. The van der Waals surface area contributed by atoms with Crippen LogP contribution in [-0.4, -0.2) is 32.8 Å². The van der Waals surface area contributed by atoms with E-state index in [2.05, 4.69) is 75.2 Å². The smallest absolute Gasteiger partial charge is 0.192 e. The van der Waals surface area contributed by atoms with Crippen molar-refractivity contribution in [1.29, 1.82) is 5.26 Å². The molecule has 5 rings (SSSR count). The van der Waals surface area contributed by atoms with Gasteiger partial charge >= 0.3 is 0 Å². The van der Waals surface area contributed by atoms with Gasteiger partial charge in [0, 0.05) is 48.7 Å². The Kier molecular flexibility index (Phi) is 4.28. The number of rotatable bonds is 5. The van der Waals surface area contributed by atoms with Gasteiger partial charge in [0.1, 0.15) is 16.9 Å². The number of hydrogen-bond acceptors (Lipinski definition) is 4. The molecule has 0 aliphatic carbocycles. The first-order valence-corrected chi connectivity index (χ1v) is 10.2. The highest BCUT2D eigenvalue weighted by Gasteiger charge is 2.46. The van der Waals surface area contributed by atoms with Crippen molar-refractivity contribution in [3.63, 3.8) is 0 Å². The maximum absolute atomic E-state index is 9.51. The molecule has 150 valence electrons. The average molecular weight is 398 g/mol. The molecule has 0 bridgehead atoms. The second kappa shape index (κ2) is 6.99. The number of aromatic nitrogens is 5. The monoisotopic (exact) mass is 398 g/mol. The molecule has 5 heterocycles. The predicted octanol–water partition coefficient (Wildman–Crippen LogP) is 3.42. The zero-order chi connectivity index (χ0) is 20.7. The number of anilines is 1. The highest BCUT2D eigenvalue weighted by Crippen LogP contribution is 2.37. The lowest BCUT2D eigenvalue weighted by Gasteiger charge is -2.49. The fourth-order valence-corrected chi connectivity index (χ4v) is 4.25. The summed E-state index contributed by atoms with van der Waals surface area (Å²) in [6.45, 7) is 5.87. The highest BCUT2D eigenvalue weighted by molar-refractivity contribution is 5.92. The van der Waals surface area contributed by atoms with Gasteiger partial charge in [0.25, 0.3) is 0 Å². The van der Waals surface area contributed by atoms with Gasteiger partial charge < -0.3 is 9.88 Å². The molecule has 0 aromatic carbocycles. The number of H-pyrrole nitrogens is 1. The molecule has 1 aliphatic rings. The topological polar surface area (TPSA) is 77.4 Å². The minimum Gasteiger partial charge on any atom is -0.362 e. The molecule has 7 heteroatoms. The van der Waals surface area contributed by atoms with Gasteiger partial charge in [-0.25, -0.2) is 9.55 Å². The lowest BCUT2D eigenvalue weighted by Crippen LogP contribution is -2.63. The van der Waals surface area contributed by atoms with Gasteiger partial charge in [-0.05, 0) is 37.6 Å². The Bertz CT molecular complexity index is 1240. The zero-order valence-corrected chi connectivity index (χ0v) is 17.2. The second-order valence-corrected chi connectivity index (χ2v) is 8.29. The number of fused-ring (bicyclic) bond motifs is 1. The zero-order valence-electron chi connectivity index (χ0n) is 17.2. The van der Waals surface area contributed by atoms with Crippen LogP contribution < -0.4 is 9.47 Å². The number of nitrogens with zero attached hydrogens (tertiary/aromatic N) is 6. The average Bonchev–Trinajstić information content (AvgIpc) is 3.40. The van der Waals surface area contributed by atoms with Crippen LogP contribution in [0, 0.1) is 11.3 Å². The first kappa shape index (κ1) is 18.4. The van der Waals surface area contributed by atoms with Crippen LogP contribution >= 0.6 is 0 Å². The SMILES string of the molecule is CC(C)[n+]1cccc(N2CC(CC#N)(n3cc(-c4ccnc5[nH]ccc45)cn3)C2)c1. The molecule has 4 aromatic rings. The van der Waals surface area contributed by atoms with Crippen molar-refractivity contribution in [3.8, 4) is 17.2 Å².